The van der Waals surface area contributed by atoms with Crippen molar-refractivity contribution in [1.29, 1.82) is 0 Å². The number of carbonyl (C=O) groups excluding carboxylic acids is 3. The Hall–Kier alpha value is -4.12. The van der Waals surface area contributed by atoms with Crippen LogP contribution in [-0.4, -0.2) is 126 Å². The number of amides is 2. The van der Waals surface area contributed by atoms with Crippen molar-refractivity contribution in [3.63, 3.8) is 0 Å². The topological polar surface area (TPSA) is 128 Å². The third-order valence-electron chi connectivity index (χ3n) is 8.16. The van der Waals surface area contributed by atoms with Crippen LogP contribution in [-0.2, 0) is 20.9 Å². The summed E-state index contributed by atoms with van der Waals surface area (Å²) in [6, 6.07) is 4.95. The van der Waals surface area contributed by atoms with Crippen LogP contribution in [0.3, 0.4) is 0 Å². The van der Waals surface area contributed by atoms with E-state index in [1.165, 1.54) is 28.7 Å². The highest BCUT2D eigenvalue weighted by Crippen LogP contribution is 2.38. The molecule has 0 radical (unpaired) electrons. The number of alkyl halides is 2. The number of anilines is 1. The Bertz CT molecular complexity index is 1550. The zero-order valence-electron chi connectivity index (χ0n) is 26.6. The third-order valence-corrected chi connectivity index (χ3v) is 8.88. The molecule has 13 nitrogen and oxygen atoms in total. The number of allylic oxidation sites excluding steroid dienone is 1. The lowest BCUT2D eigenvalue weighted by Gasteiger charge is -2.38. The van der Waals surface area contributed by atoms with Gasteiger partial charge < -0.3 is 24.6 Å². The van der Waals surface area contributed by atoms with Crippen LogP contribution in [0.4, 0.5) is 14.5 Å². The van der Waals surface area contributed by atoms with Crippen LogP contribution in [0.1, 0.15) is 12.8 Å². The van der Waals surface area contributed by atoms with Gasteiger partial charge in [-0.15, -0.1) is 11.8 Å². The number of thioether (sulfide) groups is 1. The molecule has 0 spiro atoms. The molecule has 2 N–H and O–H groups in total. The molecular weight excluding hydrogens is 632 g/mol. The number of hydrogen-bond acceptors (Lipinski definition) is 11. The van der Waals surface area contributed by atoms with Gasteiger partial charge >= 0.3 is 6.61 Å². The molecule has 4 heterocycles. The van der Waals surface area contributed by atoms with E-state index in [9.17, 15) is 23.2 Å². The lowest BCUT2D eigenvalue weighted by atomic mass is 10.0. The fourth-order valence-corrected chi connectivity index (χ4v) is 6.16. The fourth-order valence-electron chi connectivity index (χ4n) is 5.72. The standard InChI is InChI=1S/C31H39F2N9O4S/c1-38(2)13-14-39(15-16-43)21-7-11-40(12-8-21)27(44)20-41-19-25(36-30(45)24-18-35-42-10-4-9-34-29(24)42)28(37-41)23-17-22(47-3)5-6-26(23)46-31(32)33/h4-6,9-10,16-17,19,21,31,35H,7-8,11-15,18,20H2,1-3H3,(H,36,45). The minimum atomic E-state index is -3.08. The van der Waals surface area contributed by atoms with Crippen LogP contribution >= 0.6 is 11.8 Å². The average Bonchev–Trinajstić information content (AvgIpc) is 3.67. The molecule has 16 heteroatoms. The minimum absolute atomic E-state index is 0.112. The number of benzene rings is 1. The van der Waals surface area contributed by atoms with E-state index >= 15 is 0 Å². The van der Waals surface area contributed by atoms with Crippen molar-refractivity contribution >= 4 is 41.8 Å². The highest BCUT2D eigenvalue weighted by molar-refractivity contribution is 7.98. The number of ether oxygens (including phenoxy) is 1. The van der Waals surface area contributed by atoms with E-state index in [4.69, 9.17) is 4.74 Å². The molecule has 0 aliphatic carbocycles. The number of rotatable bonds is 14. The first kappa shape index (κ1) is 34.2. The summed E-state index contributed by atoms with van der Waals surface area (Å²) in [5.41, 5.74) is 4.09. The predicted octanol–water partition coefficient (Wildman–Crippen LogP) is 2.50. The summed E-state index contributed by atoms with van der Waals surface area (Å²) in [6.07, 6.45) is 10.8. The number of carbonyl (C=O) groups is 3. The zero-order chi connectivity index (χ0) is 33.5. The average molecular weight is 672 g/mol. The van der Waals surface area contributed by atoms with Crippen LogP contribution in [0.5, 0.6) is 5.75 Å². The van der Waals surface area contributed by atoms with Crippen molar-refractivity contribution < 1.29 is 27.9 Å². The Balaban J connectivity index is 1.37. The Morgan fingerprint density at radius 2 is 2.02 bits per heavy atom. The maximum Gasteiger partial charge on any atom is 0.387 e. The second kappa shape index (κ2) is 15.6. The Morgan fingerprint density at radius 3 is 2.72 bits per heavy atom. The number of likely N-dealkylation sites (tertiary alicyclic amines) is 1. The number of aldehydes is 1. The maximum absolute atomic E-state index is 13.5. The highest BCUT2D eigenvalue weighted by atomic mass is 32.2. The lowest BCUT2D eigenvalue weighted by Crippen LogP contribution is -2.49. The summed E-state index contributed by atoms with van der Waals surface area (Å²) < 4.78 is 33.1. The second-order valence-electron chi connectivity index (χ2n) is 11.5. The van der Waals surface area contributed by atoms with Crippen LogP contribution in [0, 0.1) is 0 Å². The molecular formula is C31H39F2N9O4S. The number of nitrogens with one attached hydrogen (secondary N) is 2. The SMILES string of the molecule is CSc1ccc(OC(F)F)c(-c2nn(CC(=O)N3CCC(N(CC=O)CCN(C)C)CC3)cc2NC(=O)C2=C3N=CC=CN3NC2)c1. The van der Waals surface area contributed by atoms with E-state index in [1.807, 2.05) is 20.4 Å². The molecule has 1 saturated heterocycles. The minimum Gasteiger partial charge on any atom is -0.434 e. The zero-order valence-corrected chi connectivity index (χ0v) is 27.4. The smallest absolute Gasteiger partial charge is 0.387 e. The van der Waals surface area contributed by atoms with Crippen molar-refractivity contribution in [3.05, 3.63) is 48.1 Å². The van der Waals surface area contributed by atoms with Gasteiger partial charge in [0.1, 0.15) is 24.3 Å². The number of piperidine rings is 1. The van der Waals surface area contributed by atoms with Gasteiger partial charge in [-0.2, -0.15) is 13.9 Å². The number of hydrogen-bond donors (Lipinski definition) is 2. The summed E-state index contributed by atoms with van der Waals surface area (Å²) in [6.45, 7) is 0.00522. The highest BCUT2D eigenvalue weighted by Gasteiger charge is 2.30. The molecule has 0 unspecified atom stereocenters. The first-order valence-corrected chi connectivity index (χ1v) is 16.5. The first-order chi connectivity index (χ1) is 22.7. The molecule has 1 aromatic carbocycles. The predicted molar refractivity (Wildman–Crippen MR) is 175 cm³/mol. The fraction of sp³-hybridized carbons (Fsp3) is 0.452. The molecule has 0 bridgehead atoms. The number of nitrogens with zero attached hydrogens (tertiary/aromatic N) is 7. The molecule has 2 aromatic rings. The molecule has 1 aromatic heterocycles. The first-order valence-electron chi connectivity index (χ1n) is 15.3. The molecule has 0 atom stereocenters. The van der Waals surface area contributed by atoms with Crippen LogP contribution in [0.2, 0.25) is 0 Å². The number of aromatic nitrogens is 2. The van der Waals surface area contributed by atoms with Crippen LogP contribution in [0.25, 0.3) is 11.3 Å². The summed E-state index contributed by atoms with van der Waals surface area (Å²) >= 11 is 1.41. The summed E-state index contributed by atoms with van der Waals surface area (Å²) in [4.78, 5) is 49.3. The number of aliphatic imine (C=N–C) groups is 1. The second-order valence-corrected chi connectivity index (χ2v) is 12.4. The van der Waals surface area contributed by atoms with Gasteiger partial charge in [-0.1, -0.05) is 0 Å². The molecule has 0 saturated carbocycles. The summed E-state index contributed by atoms with van der Waals surface area (Å²) in [5.74, 6) is -0.296. The lowest BCUT2D eigenvalue weighted by molar-refractivity contribution is -0.133. The molecule has 5 rings (SSSR count). The maximum atomic E-state index is 13.5. The van der Waals surface area contributed by atoms with E-state index in [2.05, 4.69) is 30.6 Å². The molecule has 1 fully saturated rings. The van der Waals surface area contributed by atoms with Crippen molar-refractivity contribution in [1.82, 2.24) is 34.9 Å². The van der Waals surface area contributed by atoms with Crippen LogP contribution < -0.4 is 15.5 Å². The van der Waals surface area contributed by atoms with Gasteiger partial charge in [0, 0.05) is 67.8 Å². The van der Waals surface area contributed by atoms with Crippen molar-refractivity contribution in [3.8, 4) is 17.0 Å². The van der Waals surface area contributed by atoms with Gasteiger partial charge in [-0.25, -0.2) is 10.4 Å². The molecule has 252 valence electrons. The molecule has 3 aliphatic heterocycles. The molecule has 2 amide bonds. The van der Waals surface area contributed by atoms with Gasteiger partial charge in [0.05, 0.1) is 17.8 Å². The van der Waals surface area contributed by atoms with Gasteiger partial charge in [0.25, 0.3) is 5.91 Å². The Morgan fingerprint density at radius 1 is 1.23 bits per heavy atom. The molecule has 47 heavy (non-hydrogen) atoms. The number of fused-ring (bicyclic) bond motifs is 1. The van der Waals surface area contributed by atoms with Gasteiger partial charge in [0.2, 0.25) is 5.91 Å². The van der Waals surface area contributed by atoms with E-state index < -0.39 is 12.5 Å². The Labute approximate surface area is 276 Å². The van der Waals surface area contributed by atoms with Crippen molar-refractivity contribution in [2.45, 2.75) is 36.9 Å². The van der Waals surface area contributed by atoms with Crippen LogP contribution in [0.15, 0.2) is 58.0 Å². The number of hydrazine groups is 1. The quantitative estimate of drug-likeness (QED) is 0.229. The van der Waals surface area contributed by atoms with E-state index in [-0.39, 0.29) is 47.7 Å². The summed E-state index contributed by atoms with van der Waals surface area (Å²) in [7, 11) is 3.98. The Kier molecular flexibility index (Phi) is 11.4. The monoisotopic (exact) mass is 671 g/mol. The normalized spacial score (nSPS) is 16.5. The van der Waals surface area contributed by atoms with Gasteiger partial charge in [-0.3, -0.25) is 24.2 Å². The largest absolute Gasteiger partial charge is 0.434 e. The van der Waals surface area contributed by atoms with Gasteiger partial charge in [-0.05, 0) is 57.5 Å². The number of likely N-dealkylation sites (N-methyl/N-ethyl adjacent to an activating group) is 1. The van der Waals surface area contributed by atoms with Crippen molar-refractivity contribution in [2.75, 3.05) is 64.9 Å². The summed E-state index contributed by atoms with van der Waals surface area (Å²) in [5, 5.41) is 9.12. The van der Waals surface area contributed by atoms with Crippen molar-refractivity contribution in [2.24, 2.45) is 4.99 Å². The van der Waals surface area contributed by atoms with E-state index in [1.54, 1.807) is 40.5 Å². The third kappa shape index (κ3) is 8.43. The number of halogens is 2. The van der Waals surface area contributed by atoms with E-state index in [0.29, 0.717) is 31.0 Å². The van der Waals surface area contributed by atoms with E-state index in [0.717, 1.165) is 37.1 Å². The van der Waals surface area contributed by atoms with Gasteiger partial charge in [0.15, 0.2) is 5.82 Å². The molecule has 3 aliphatic rings.